The lowest BCUT2D eigenvalue weighted by atomic mass is 9.88. The van der Waals surface area contributed by atoms with Gasteiger partial charge in [0, 0.05) is 32.2 Å². The molecule has 1 heterocycles. The molecule has 1 aliphatic rings. The Bertz CT molecular complexity index is 266. The number of hydrogen-bond donors (Lipinski definition) is 3. The highest BCUT2D eigenvalue weighted by Gasteiger charge is 2.28. The molecule has 0 bridgehead atoms. The first kappa shape index (κ1) is 17.9. The summed E-state index contributed by atoms with van der Waals surface area (Å²) in [5.41, 5.74) is 0.289. The number of likely N-dealkylation sites (tertiary alicyclic amines) is 1. The summed E-state index contributed by atoms with van der Waals surface area (Å²) in [5.74, 6) is 0.530. The lowest BCUT2D eigenvalue weighted by molar-refractivity contribution is 0.0728. The SMILES string of the molecule is CCC(O)CC1CC(NCC(C)(C)C)CN(CCO)C1. The van der Waals surface area contributed by atoms with Crippen molar-refractivity contribution in [3.8, 4) is 0 Å². The van der Waals surface area contributed by atoms with Gasteiger partial charge in [0.1, 0.15) is 0 Å². The van der Waals surface area contributed by atoms with Gasteiger partial charge in [0.05, 0.1) is 12.7 Å². The second-order valence-corrected chi connectivity index (χ2v) is 7.52. The van der Waals surface area contributed by atoms with Crippen molar-refractivity contribution in [3.05, 3.63) is 0 Å². The van der Waals surface area contributed by atoms with Gasteiger partial charge in [-0.15, -0.1) is 0 Å². The minimum atomic E-state index is -0.183. The van der Waals surface area contributed by atoms with Crippen LogP contribution < -0.4 is 5.32 Å². The van der Waals surface area contributed by atoms with Crippen molar-refractivity contribution in [3.63, 3.8) is 0 Å². The van der Waals surface area contributed by atoms with E-state index >= 15 is 0 Å². The van der Waals surface area contributed by atoms with Gasteiger partial charge in [-0.25, -0.2) is 0 Å². The monoisotopic (exact) mass is 286 g/mol. The molecule has 0 aliphatic carbocycles. The first-order chi connectivity index (χ1) is 9.34. The maximum absolute atomic E-state index is 9.88. The van der Waals surface area contributed by atoms with Gasteiger partial charge in [-0.1, -0.05) is 27.7 Å². The molecule has 20 heavy (non-hydrogen) atoms. The van der Waals surface area contributed by atoms with Crippen LogP contribution in [0.4, 0.5) is 0 Å². The molecule has 1 fully saturated rings. The number of aliphatic hydroxyl groups is 2. The van der Waals surface area contributed by atoms with E-state index in [-0.39, 0.29) is 18.1 Å². The van der Waals surface area contributed by atoms with E-state index in [1.54, 1.807) is 0 Å². The molecule has 0 radical (unpaired) electrons. The number of nitrogens with zero attached hydrogens (tertiary/aromatic N) is 1. The molecule has 4 nitrogen and oxygen atoms in total. The number of hydrogen-bond acceptors (Lipinski definition) is 4. The Morgan fingerprint density at radius 3 is 2.55 bits per heavy atom. The summed E-state index contributed by atoms with van der Waals surface area (Å²) in [7, 11) is 0. The zero-order chi connectivity index (χ0) is 15.2. The average molecular weight is 286 g/mol. The Morgan fingerprint density at radius 1 is 1.30 bits per heavy atom. The quantitative estimate of drug-likeness (QED) is 0.663. The highest BCUT2D eigenvalue weighted by molar-refractivity contribution is 4.85. The van der Waals surface area contributed by atoms with Crippen molar-refractivity contribution in [2.24, 2.45) is 11.3 Å². The molecular formula is C16H34N2O2. The molecule has 1 aliphatic heterocycles. The summed E-state index contributed by atoms with van der Waals surface area (Å²) >= 11 is 0. The van der Waals surface area contributed by atoms with E-state index in [1.165, 1.54) is 0 Å². The van der Waals surface area contributed by atoms with Crippen molar-refractivity contribution in [2.45, 2.75) is 59.1 Å². The third-order valence-corrected chi connectivity index (χ3v) is 4.03. The molecule has 4 heteroatoms. The number of piperidine rings is 1. The van der Waals surface area contributed by atoms with Gasteiger partial charge in [-0.3, -0.25) is 4.90 Å². The van der Waals surface area contributed by atoms with Crippen LogP contribution in [-0.2, 0) is 0 Å². The third kappa shape index (κ3) is 7.02. The highest BCUT2D eigenvalue weighted by Crippen LogP contribution is 2.23. The van der Waals surface area contributed by atoms with Crippen LogP contribution in [0.15, 0.2) is 0 Å². The van der Waals surface area contributed by atoms with Gasteiger partial charge in [0.15, 0.2) is 0 Å². The maximum atomic E-state index is 9.88. The van der Waals surface area contributed by atoms with Gasteiger partial charge < -0.3 is 15.5 Å². The normalized spacial score (nSPS) is 26.7. The highest BCUT2D eigenvalue weighted by atomic mass is 16.3. The minimum absolute atomic E-state index is 0.183. The van der Waals surface area contributed by atoms with Gasteiger partial charge >= 0.3 is 0 Å². The maximum Gasteiger partial charge on any atom is 0.0558 e. The zero-order valence-corrected chi connectivity index (χ0v) is 13.7. The van der Waals surface area contributed by atoms with E-state index in [2.05, 4.69) is 31.0 Å². The average Bonchev–Trinajstić information content (AvgIpc) is 2.35. The molecule has 0 aromatic rings. The van der Waals surface area contributed by atoms with Gasteiger partial charge in [-0.05, 0) is 30.6 Å². The number of β-amino-alcohol motifs (C(OH)–C–C–N with tert-alkyl or cyclic N) is 1. The van der Waals surface area contributed by atoms with E-state index in [0.717, 1.165) is 45.4 Å². The second-order valence-electron chi connectivity index (χ2n) is 7.52. The van der Waals surface area contributed by atoms with E-state index in [9.17, 15) is 5.11 Å². The Labute approximate surface area is 124 Å². The van der Waals surface area contributed by atoms with Crippen LogP contribution in [0.1, 0.15) is 47.0 Å². The Balaban J connectivity index is 2.51. The lowest BCUT2D eigenvalue weighted by Gasteiger charge is -2.39. The molecule has 3 N–H and O–H groups in total. The fourth-order valence-electron chi connectivity index (χ4n) is 2.95. The van der Waals surface area contributed by atoms with Crippen LogP contribution in [0.25, 0.3) is 0 Å². The van der Waals surface area contributed by atoms with Crippen LogP contribution in [0.3, 0.4) is 0 Å². The van der Waals surface area contributed by atoms with Gasteiger partial charge in [-0.2, -0.15) is 0 Å². The predicted molar refractivity (Wildman–Crippen MR) is 83.8 cm³/mol. The van der Waals surface area contributed by atoms with Crippen LogP contribution in [0.2, 0.25) is 0 Å². The van der Waals surface area contributed by atoms with Gasteiger partial charge in [0.25, 0.3) is 0 Å². The smallest absolute Gasteiger partial charge is 0.0558 e. The molecule has 0 aromatic heterocycles. The third-order valence-electron chi connectivity index (χ3n) is 4.03. The first-order valence-electron chi connectivity index (χ1n) is 8.08. The van der Waals surface area contributed by atoms with Crippen molar-refractivity contribution in [2.75, 3.05) is 32.8 Å². The zero-order valence-electron chi connectivity index (χ0n) is 13.7. The Morgan fingerprint density at radius 2 is 2.00 bits per heavy atom. The van der Waals surface area contributed by atoms with Crippen LogP contribution in [0.5, 0.6) is 0 Å². The van der Waals surface area contributed by atoms with E-state index in [0.29, 0.717) is 12.0 Å². The molecule has 0 amide bonds. The molecule has 1 saturated heterocycles. The van der Waals surface area contributed by atoms with E-state index in [4.69, 9.17) is 5.11 Å². The fourth-order valence-corrected chi connectivity index (χ4v) is 2.95. The summed E-state index contributed by atoms with van der Waals surface area (Å²) in [5, 5.41) is 22.7. The van der Waals surface area contributed by atoms with E-state index in [1.807, 2.05) is 6.92 Å². The molecule has 3 unspecified atom stereocenters. The summed E-state index contributed by atoms with van der Waals surface area (Å²) in [6, 6.07) is 0.476. The lowest BCUT2D eigenvalue weighted by Crippen LogP contribution is -2.51. The van der Waals surface area contributed by atoms with E-state index < -0.39 is 0 Å². The standard InChI is InChI=1S/C16H34N2O2/c1-5-15(20)9-13-8-14(17-12-16(2,3)4)11-18(10-13)6-7-19/h13-15,17,19-20H,5-12H2,1-4H3. The van der Waals surface area contributed by atoms with Crippen molar-refractivity contribution >= 4 is 0 Å². The Hall–Kier alpha value is -0.160. The number of nitrogens with one attached hydrogen (secondary N) is 1. The molecule has 0 spiro atoms. The molecule has 0 aromatic carbocycles. The summed E-state index contributed by atoms with van der Waals surface area (Å²) in [4.78, 5) is 2.33. The molecule has 3 atom stereocenters. The predicted octanol–water partition coefficient (Wildman–Crippen LogP) is 1.47. The summed E-state index contributed by atoms with van der Waals surface area (Å²) in [6.45, 7) is 12.7. The minimum Gasteiger partial charge on any atom is -0.395 e. The molecule has 120 valence electrons. The van der Waals surface area contributed by atoms with Crippen LogP contribution in [-0.4, -0.2) is 60.0 Å². The van der Waals surface area contributed by atoms with Crippen molar-refractivity contribution in [1.82, 2.24) is 10.2 Å². The topological polar surface area (TPSA) is 55.7 Å². The largest absolute Gasteiger partial charge is 0.395 e. The van der Waals surface area contributed by atoms with Crippen LogP contribution in [0, 0.1) is 11.3 Å². The van der Waals surface area contributed by atoms with Crippen molar-refractivity contribution in [1.29, 1.82) is 0 Å². The summed E-state index contributed by atoms with van der Waals surface area (Å²) < 4.78 is 0. The van der Waals surface area contributed by atoms with Crippen LogP contribution >= 0.6 is 0 Å². The molecule has 0 saturated carbocycles. The number of aliphatic hydroxyl groups excluding tert-OH is 2. The molecule has 1 rings (SSSR count). The second kappa shape index (κ2) is 8.32. The van der Waals surface area contributed by atoms with Crippen molar-refractivity contribution < 1.29 is 10.2 Å². The molecular weight excluding hydrogens is 252 g/mol. The Kier molecular flexibility index (Phi) is 7.45. The van der Waals surface area contributed by atoms with Gasteiger partial charge in [0.2, 0.25) is 0 Å². The number of rotatable bonds is 7. The first-order valence-corrected chi connectivity index (χ1v) is 8.08. The summed E-state index contributed by atoms with van der Waals surface area (Å²) in [6.07, 6.45) is 2.66. The fraction of sp³-hybridized carbons (Fsp3) is 1.00.